The van der Waals surface area contributed by atoms with Gasteiger partial charge >= 0.3 is 0 Å². The molecule has 1 aromatic rings. The lowest BCUT2D eigenvalue weighted by atomic mass is 10.1. The van der Waals surface area contributed by atoms with E-state index < -0.39 is 0 Å². The lowest BCUT2D eigenvalue weighted by Crippen LogP contribution is -2.17. The number of hydrogen-bond donors (Lipinski definition) is 1. The molecule has 0 fully saturated rings. The van der Waals surface area contributed by atoms with Crippen LogP contribution < -0.4 is 5.32 Å². The monoisotopic (exact) mass is 280 g/mol. The molecule has 0 radical (unpaired) electrons. The van der Waals surface area contributed by atoms with Crippen LogP contribution in [-0.4, -0.2) is 23.8 Å². The highest BCUT2D eigenvalue weighted by atomic mass is 32.2. The molecule has 0 bridgehead atoms. The molecule has 1 aromatic carbocycles. The summed E-state index contributed by atoms with van der Waals surface area (Å²) in [5, 5.41) is 12.7. The Labute approximate surface area is 119 Å². The summed E-state index contributed by atoms with van der Waals surface area (Å²) in [6.07, 6.45) is 3.12. The number of hydrogen-bond acceptors (Lipinski definition) is 4. The fraction of sp³-hybridized carbons (Fsp3) is 0.500. The van der Waals surface area contributed by atoms with Crippen molar-refractivity contribution in [3.8, 4) is 6.07 Å². The van der Waals surface area contributed by atoms with Gasteiger partial charge in [-0.2, -0.15) is 17.0 Å². The molecule has 0 aliphatic rings. The first-order valence-electron chi connectivity index (χ1n) is 6.14. The second kappa shape index (κ2) is 8.34. The molecule has 1 N–H and O–H groups in total. The van der Waals surface area contributed by atoms with Crippen molar-refractivity contribution < 1.29 is 0 Å². The van der Waals surface area contributed by atoms with E-state index in [1.54, 1.807) is 11.8 Å². The number of nitrogens with one attached hydrogen (secondary N) is 1. The summed E-state index contributed by atoms with van der Waals surface area (Å²) >= 11 is 3.57. The molecule has 2 nitrogen and oxygen atoms in total. The molecule has 0 spiro atoms. The Kier molecular flexibility index (Phi) is 7.07. The van der Waals surface area contributed by atoms with E-state index in [0.717, 1.165) is 34.1 Å². The molecule has 1 unspecified atom stereocenters. The van der Waals surface area contributed by atoms with Crippen LogP contribution in [0.15, 0.2) is 23.1 Å². The van der Waals surface area contributed by atoms with Gasteiger partial charge in [-0.15, -0.1) is 11.8 Å². The zero-order valence-electron chi connectivity index (χ0n) is 11.2. The minimum atomic E-state index is 0.397. The molecule has 0 aromatic heterocycles. The quantitative estimate of drug-likeness (QED) is 0.599. The van der Waals surface area contributed by atoms with Crippen LogP contribution in [0.5, 0.6) is 0 Å². The van der Waals surface area contributed by atoms with Crippen LogP contribution in [0.25, 0.3) is 0 Å². The van der Waals surface area contributed by atoms with Gasteiger partial charge in [0.2, 0.25) is 0 Å². The summed E-state index contributed by atoms with van der Waals surface area (Å²) in [5.41, 5.74) is 1.72. The van der Waals surface area contributed by atoms with E-state index in [2.05, 4.69) is 25.2 Å². The molecule has 98 valence electrons. The van der Waals surface area contributed by atoms with Crippen LogP contribution >= 0.6 is 23.5 Å². The predicted octanol–water partition coefficient (Wildman–Crippen LogP) is 4.22. The second-order valence-electron chi connectivity index (χ2n) is 4.03. The van der Waals surface area contributed by atoms with E-state index in [4.69, 9.17) is 0 Å². The Bertz CT molecular complexity index is 413. The van der Waals surface area contributed by atoms with Gasteiger partial charge in [0.1, 0.15) is 6.07 Å². The van der Waals surface area contributed by atoms with Gasteiger partial charge in [0, 0.05) is 10.9 Å². The third-order valence-corrected chi connectivity index (χ3v) is 4.37. The van der Waals surface area contributed by atoms with Crippen LogP contribution in [0.1, 0.15) is 25.8 Å². The number of rotatable bonds is 7. The first-order chi connectivity index (χ1) is 8.72. The maximum atomic E-state index is 9.25. The van der Waals surface area contributed by atoms with Gasteiger partial charge in [-0.25, -0.2) is 0 Å². The van der Waals surface area contributed by atoms with Gasteiger partial charge < -0.3 is 5.32 Å². The minimum absolute atomic E-state index is 0.397. The van der Waals surface area contributed by atoms with Crippen LogP contribution in [0.3, 0.4) is 0 Å². The van der Waals surface area contributed by atoms with Crippen molar-refractivity contribution >= 4 is 29.2 Å². The van der Waals surface area contributed by atoms with Crippen molar-refractivity contribution in [1.82, 2.24) is 0 Å². The highest BCUT2D eigenvalue weighted by molar-refractivity contribution is 7.99. The summed E-state index contributed by atoms with van der Waals surface area (Å²) in [5.74, 6) is 2.33. The zero-order chi connectivity index (χ0) is 13.4. The molecule has 0 heterocycles. The topological polar surface area (TPSA) is 35.8 Å². The van der Waals surface area contributed by atoms with Gasteiger partial charge in [-0.1, -0.05) is 13.0 Å². The zero-order valence-corrected chi connectivity index (χ0v) is 12.8. The van der Waals surface area contributed by atoms with Crippen molar-refractivity contribution in [2.75, 3.05) is 23.1 Å². The summed E-state index contributed by atoms with van der Waals surface area (Å²) in [4.78, 5) is 1.04. The maximum Gasteiger partial charge on any atom is 0.102 e. The molecular weight excluding hydrogens is 260 g/mol. The number of benzene rings is 1. The van der Waals surface area contributed by atoms with E-state index >= 15 is 0 Å². The molecule has 1 atom stereocenters. The van der Waals surface area contributed by atoms with E-state index in [9.17, 15) is 5.26 Å². The van der Waals surface area contributed by atoms with Crippen molar-refractivity contribution in [1.29, 1.82) is 5.26 Å². The molecule has 0 amide bonds. The fourth-order valence-electron chi connectivity index (χ4n) is 1.68. The van der Waals surface area contributed by atoms with E-state index in [-0.39, 0.29) is 0 Å². The largest absolute Gasteiger partial charge is 0.381 e. The van der Waals surface area contributed by atoms with Gasteiger partial charge in [0.25, 0.3) is 0 Å². The van der Waals surface area contributed by atoms with Crippen LogP contribution in [0, 0.1) is 11.3 Å². The molecule has 0 aliphatic heterocycles. The number of nitrogens with zero attached hydrogens (tertiary/aromatic N) is 1. The predicted molar refractivity (Wildman–Crippen MR) is 83.6 cm³/mol. The van der Waals surface area contributed by atoms with Gasteiger partial charge in [0.05, 0.1) is 11.3 Å². The summed E-state index contributed by atoms with van der Waals surface area (Å²) in [7, 11) is 0. The highest BCUT2D eigenvalue weighted by Gasteiger charge is 2.09. The SMILES string of the molecule is CCSCCC(C)Nc1cccc(SC)c1C#N. The normalized spacial score (nSPS) is 11.9. The molecule has 4 heteroatoms. The van der Waals surface area contributed by atoms with Gasteiger partial charge in [-0.05, 0) is 43.2 Å². The lowest BCUT2D eigenvalue weighted by molar-refractivity contribution is 0.771. The molecule has 0 aliphatic carbocycles. The third kappa shape index (κ3) is 4.47. The molecule has 1 rings (SSSR count). The molecular formula is C14H20N2S2. The van der Waals surface area contributed by atoms with E-state index in [1.165, 1.54) is 0 Å². The minimum Gasteiger partial charge on any atom is -0.381 e. The van der Waals surface area contributed by atoms with Crippen molar-refractivity contribution in [2.45, 2.75) is 31.2 Å². The average molecular weight is 280 g/mol. The highest BCUT2D eigenvalue weighted by Crippen LogP contribution is 2.27. The number of thioether (sulfide) groups is 2. The van der Waals surface area contributed by atoms with E-state index in [0.29, 0.717) is 6.04 Å². The summed E-state index contributed by atoms with van der Waals surface area (Å²) in [6.45, 7) is 4.35. The Morgan fingerprint density at radius 2 is 2.22 bits per heavy atom. The number of nitriles is 1. The third-order valence-electron chi connectivity index (χ3n) is 2.66. The van der Waals surface area contributed by atoms with Crippen molar-refractivity contribution in [2.24, 2.45) is 0 Å². The standard InChI is InChI=1S/C14H20N2S2/c1-4-18-9-8-11(2)16-13-6-5-7-14(17-3)12(13)10-15/h5-7,11,16H,4,8-9H2,1-3H3. The first-order valence-corrected chi connectivity index (χ1v) is 8.52. The smallest absolute Gasteiger partial charge is 0.102 e. The van der Waals surface area contributed by atoms with Crippen LogP contribution in [0.2, 0.25) is 0 Å². The van der Waals surface area contributed by atoms with Crippen LogP contribution in [-0.2, 0) is 0 Å². The van der Waals surface area contributed by atoms with Crippen molar-refractivity contribution in [3.05, 3.63) is 23.8 Å². The molecule has 0 saturated heterocycles. The van der Waals surface area contributed by atoms with Gasteiger partial charge in [0.15, 0.2) is 0 Å². The summed E-state index contributed by atoms with van der Waals surface area (Å²) < 4.78 is 0. The van der Waals surface area contributed by atoms with Gasteiger partial charge in [-0.3, -0.25) is 0 Å². The first kappa shape index (κ1) is 15.3. The average Bonchev–Trinajstić information content (AvgIpc) is 2.38. The summed E-state index contributed by atoms with van der Waals surface area (Å²) in [6, 6.07) is 8.68. The van der Waals surface area contributed by atoms with Crippen LogP contribution in [0.4, 0.5) is 5.69 Å². The molecule has 18 heavy (non-hydrogen) atoms. The second-order valence-corrected chi connectivity index (χ2v) is 6.27. The molecule has 0 saturated carbocycles. The van der Waals surface area contributed by atoms with E-state index in [1.807, 2.05) is 36.2 Å². The lowest BCUT2D eigenvalue weighted by Gasteiger charge is -2.17. The van der Waals surface area contributed by atoms with Crippen molar-refractivity contribution in [3.63, 3.8) is 0 Å². The number of anilines is 1. The Morgan fingerprint density at radius 3 is 2.83 bits per heavy atom. The Balaban J connectivity index is 2.69. The fourth-order valence-corrected chi connectivity index (χ4v) is 3.06. The Hall–Kier alpha value is -0.790. The Morgan fingerprint density at radius 1 is 1.44 bits per heavy atom. The maximum absolute atomic E-state index is 9.25.